The molecule has 0 saturated heterocycles. The monoisotopic (exact) mass is 474 g/mol. The second-order valence-corrected chi connectivity index (χ2v) is 8.51. The molecule has 2 aliphatic rings. The summed E-state index contributed by atoms with van der Waals surface area (Å²) >= 11 is 0. The summed E-state index contributed by atoms with van der Waals surface area (Å²) < 4.78 is 58.3. The van der Waals surface area contributed by atoms with E-state index in [4.69, 9.17) is 9.90 Å². The molecule has 1 aromatic rings. The van der Waals surface area contributed by atoms with Crippen molar-refractivity contribution < 1.29 is 31.5 Å². The summed E-state index contributed by atoms with van der Waals surface area (Å²) in [6.45, 7) is 1.95. The highest BCUT2D eigenvalue weighted by Crippen LogP contribution is 2.35. The van der Waals surface area contributed by atoms with Gasteiger partial charge in [0.2, 0.25) is 10.0 Å². The van der Waals surface area contributed by atoms with Crippen LogP contribution < -0.4 is 14.9 Å². The van der Waals surface area contributed by atoms with Gasteiger partial charge in [0.05, 0.1) is 28.2 Å². The number of nitrogens with zero attached hydrogens (tertiary/aromatic N) is 3. The minimum absolute atomic E-state index is 0.180. The van der Waals surface area contributed by atoms with Gasteiger partial charge in [-0.05, 0) is 37.7 Å². The number of rotatable bonds is 5. The Morgan fingerprint density at radius 3 is 2.38 bits per heavy atom. The van der Waals surface area contributed by atoms with Gasteiger partial charge in [-0.2, -0.15) is 13.2 Å². The molecule has 10 nitrogen and oxygen atoms in total. The van der Waals surface area contributed by atoms with Crippen LogP contribution in [0.25, 0.3) is 11.4 Å². The number of benzene rings is 1. The molecule has 0 bridgehead atoms. The molecule has 0 saturated carbocycles. The molecule has 0 aromatic heterocycles. The lowest BCUT2D eigenvalue weighted by molar-refractivity contribution is -0.192. The predicted octanol–water partition coefficient (Wildman–Crippen LogP) is 2.57. The molecule has 0 fully saturated rings. The maximum Gasteiger partial charge on any atom is 0.490 e. The fraction of sp³-hybridized carbons (Fsp3) is 0.278. The lowest BCUT2D eigenvalue weighted by atomic mass is 10.1. The first kappa shape index (κ1) is 24.9. The first-order valence-electron chi connectivity index (χ1n) is 8.88. The fourth-order valence-corrected chi connectivity index (χ4v) is 3.38. The zero-order valence-corrected chi connectivity index (χ0v) is 18.3. The number of aromatic nitrogens is 3. The SMILES string of the molecule is CNS(=O)(=O)c1ccc(N(C)C)c(Nc2nc[nH]c3ncc(C)c2-3)c1.O=C(O)C(F)(F)F. The number of aromatic amines is 1. The van der Waals surface area contributed by atoms with Crippen LogP contribution in [0.1, 0.15) is 5.56 Å². The molecular weight excluding hydrogens is 453 g/mol. The van der Waals surface area contributed by atoms with Gasteiger partial charge in [0.15, 0.2) is 0 Å². The van der Waals surface area contributed by atoms with Crippen LogP contribution in [0.4, 0.5) is 30.4 Å². The van der Waals surface area contributed by atoms with Crippen LogP contribution in [0.2, 0.25) is 0 Å². The van der Waals surface area contributed by atoms with Gasteiger partial charge < -0.3 is 20.3 Å². The third-order valence-electron chi connectivity index (χ3n) is 4.17. The van der Waals surface area contributed by atoms with E-state index in [1.165, 1.54) is 7.05 Å². The smallest absolute Gasteiger partial charge is 0.475 e. The van der Waals surface area contributed by atoms with E-state index in [-0.39, 0.29) is 4.90 Å². The highest BCUT2D eigenvalue weighted by molar-refractivity contribution is 7.89. The molecule has 2 aliphatic heterocycles. The predicted molar refractivity (Wildman–Crippen MR) is 112 cm³/mol. The number of H-pyrrole nitrogens is 1. The van der Waals surface area contributed by atoms with Crippen LogP contribution in [0.5, 0.6) is 0 Å². The first-order chi connectivity index (χ1) is 14.8. The summed E-state index contributed by atoms with van der Waals surface area (Å²) in [6.07, 6.45) is -1.76. The maximum atomic E-state index is 12.1. The van der Waals surface area contributed by atoms with Crippen molar-refractivity contribution in [2.24, 2.45) is 0 Å². The molecule has 14 heteroatoms. The Morgan fingerprint density at radius 1 is 1.22 bits per heavy atom. The normalized spacial score (nSPS) is 11.6. The molecule has 3 rings (SSSR count). The van der Waals surface area contributed by atoms with E-state index in [0.717, 1.165) is 22.6 Å². The van der Waals surface area contributed by atoms with Gasteiger partial charge in [0.25, 0.3) is 0 Å². The van der Waals surface area contributed by atoms with Crippen LogP contribution >= 0.6 is 0 Å². The number of aliphatic carboxylic acids is 1. The third kappa shape index (κ3) is 5.64. The topological polar surface area (TPSA) is 140 Å². The van der Waals surface area contributed by atoms with E-state index < -0.39 is 22.2 Å². The minimum atomic E-state index is -5.08. The fourth-order valence-electron chi connectivity index (χ4n) is 2.62. The lowest BCUT2D eigenvalue weighted by Crippen LogP contribution is -2.21. The molecule has 0 amide bonds. The molecule has 0 unspecified atom stereocenters. The average Bonchev–Trinajstić information content (AvgIpc) is 3.09. The van der Waals surface area contributed by atoms with Gasteiger partial charge in [0, 0.05) is 20.3 Å². The zero-order valence-electron chi connectivity index (χ0n) is 17.4. The molecule has 0 aliphatic carbocycles. The van der Waals surface area contributed by atoms with Crippen LogP contribution in [0.3, 0.4) is 0 Å². The molecule has 0 radical (unpaired) electrons. The van der Waals surface area contributed by atoms with Crippen molar-refractivity contribution in [3.05, 3.63) is 36.3 Å². The Morgan fingerprint density at radius 2 is 1.84 bits per heavy atom. The van der Waals surface area contributed by atoms with Gasteiger partial charge in [-0.3, -0.25) is 0 Å². The minimum Gasteiger partial charge on any atom is -0.475 e. The van der Waals surface area contributed by atoms with Crippen molar-refractivity contribution in [3.8, 4) is 11.4 Å². The summed E-state index contributed by atoms with van der Waals surface area (Å²) in [5.41, 5.74) is 3.33. The summed E-state index contributed by atoms with van der Waals surface area (Å²) in [7, 11) is 1.63. The Labute approximate surface area is 181 Å². The van der Waals surface area contributed by atoms with Gasteiger partial charge >= 0.3 is 12.1 Å². The van der Waals surface area contributed by atoms with E-state index in [1.807, 2.05) is 25.9 Å². The second kappa shape index (κ2) is 9.40. The van der Waals surface area contributed by atoms with Crippen molar-refractivity contribution >= 4 is 33.2 Å². The van der Waals surface area contributed by atoms with Crippen LogP contribution in [0, 0.1) is 6.92 Å². The Hall–Kier alpha value is -3.39. The molecule has 32 heavy (non-hydrogen) atoms. The largest absolute Gasteiger partial charge is 0.490 e. The number of anilines is 3. The van der Waals surface area contributed by atoms with Gasteiger partial charge in [0.1, 0.15) is 11.6 Å². The second-order valence-electron chi connectivity index (χ2n) is 6.62. The first-order valence-corrected chi connectivity index (χ1v) is 10.4. The number of carboxylic acids is 1. The number of halogens is 3. The molecule has 2 heterocycles. The van der Waals surface area contributed by atoms with Gasteiger partial charge in [-0.1, -0.05) is 0 Å². The number of fused-ring (bicyclic) bond motifs is 1. The Bertz CT molecular complexity index is 1180. The van der Waals surface area contributed by atoms with E-state index in [9.17, 15) is 21.6 Å². The van der Waals surface area contributed by atoms with Gasteiger partial charge in [-0.15, -0.1) is 0 Å². The number of aryl methyl sites for hydroxylation is 1. The number of hydrogen-bond donors (Lipinski definition) is 4. The summed E-state index contributed by atoms with van der Waals surface area (Å²) in [5, 5.41) is 10.4. The van der Waals surface area contributed by atoms with Crippen molar-refractivity contribution in [2.75, 3.05) is 31.4 Å². The number of carboxylic acid groups (broad SMARTS) is 1. The van der Waals surface area contributed by atoms with E-state index in [2.05, 4.69) is 25.0 Å². The van der Waals surface area contributed by atoms with E-state index in [0.29, 0.717) is 11.5 Å². The van der Waals surface area contributed by atoms with Gasteiger partial charge in [-0.25, -0.2) is 27.9 Å². The number of sulfonamides is 1. The molecule has 4 N–H and O–H groups in total. The van der Waals surface area contributed by atoms with Crippen LogP contribution in [-0.4, -0.2) is 61.8 Å². The number of nitrogens with one attached hydrogen (secondary N) is 3. The Kier molecular flexibility index (Phi) is 7.31. The highest BCUT2D eigenvalue weighted by Gasteiger charge is 2.38. The Balaban J connectivity index is 0.000000451. The van der Waals surface area contributed by atoms with Crippen LogP contribution in [-0.2, 0) is 14.8 Å². The lowest BCUT2D eigenvalue weighted by Gasteiger charge is -2.20. The summed E-state index contributed by atoms with van der Waals surface area (Å²) in [6, 6.07) is 4.93. The van der Waals surface area contributed by atoms with E-state index in [1.54, 1.807) is 30.7 Å². The van der Waals surface area contributed by atoms with Crippen molar-refractivity contribution in [2.45, 2.75) is 18.0 Å². The summed E-state index contributed by atoms with van der Waals surface area (Å²) in [5.74, 6) is -1.42. The standard InChI is InChI=1S/C16H20N6O2S.C2HF3O2/c1-10-8-18-15-14(10)16(20-9-19-15)21-12-7-11(25(23,24)17-2)5-6-13(12)22(3)4;3-2(4,5)1(6)7/h5-9,17H,1-4H3,(H2,18,19,20,21);(H,6,7). The molecule has 1 aromatic carbocycles. The molecular formula is C18H21F3N6O4S. The summed E-state index contributed by atoms with van der Waals surface area (Å²) in [4.78, 5) is 22.6. The van der Waals surface area contributed by atoms with Crippen molar-refractivity contribution in [1.29, 1.82) is 0 Å². The zero-order chi connectivity index (χ0) is 24.3. The third-order valence-corrected chi connectivity index (χ3v) is 5.59. The molecule has 0 atom stereocenters. The number of carbonyl (C=O) groups is 1. The highest BCUT2D eigenvalue weighted by atomic mass is 32.2. The van der Waals surface area contributed by atoms with Crippen molar-refractivity contribution in [1.82, 2.24) is 19.7 Å². The quantitative estimate of drug-likeness (QED) is 0.442. The number of hydrogen-bond acceptors (Lipinski definition) is 7. The van der Waals surface area contributed by atoms with Crippen molar-refractivity contribution in [3.63, 3.8) is 0 Å². The molecule has 0 spiro atoms. The van der Waals surface area contributed by atoms with Crippen LogP contribution in [0.15, 0.2) is 35.6 Å². The molecule has 174 valence electrons. The number of alkyl halides is 3. The maximum absolute atomic E-state index is 12.1. The van der Waals surface area contributed by atoms with E-state index >= 15 is 0 Å². The average molecular weight is 474 g/mol.